The Morgan fingerprint density at radius 3 is 2.40 bits per heavy atom. The predicted octanol–water partition coefficient (Wildman–Crippen LogP) is 4.19. The van der Waals surface area contributed by atoms with Crippen molar-refractivity contribution in [2.24, 2.45) is 5.73 Å². The summed E-state index contributed by atoms with van der Waals surface area (Å²) in [7, 11) is 0. The lowest BCUT2D eigenvalue weighted by Gasteiger charge is -2.26. The largest absolute Gasteiger partial charge is 0.493 e. The van der Waals surface area contributed by atoms with Crippen molar-refractivity contribution in [3.63, 3.8) is 0 Å². The Morgan fingerprint density at radius 2 is 1.60 bits per heavy atom. The molecule has 0 atom stereocenters. The van der Waals surface area contributed by atoms with Gasteiger partial charge < -0.3 is 15.2 Å². The maximum absolute atomic E-state index is 6.03. The molecule has 25 heavy (non-hydrogen) atoms. The molecule has 0 aliphatic carbocycles. The Hall–Kier alpha value is -2.04. The van der Waals surface area contributed by atoms with Crippen molar-refractivity contribution in [1.29, 1.82) is 0 Å². The number of nitrogens with zero attached hydrogens (tertiary/aromatic N) is 1. The summed E-state index contributed by atoms with van der Waals surface area (Å²) in [4.78, 5) is 2.52. The molecule has 0 amide bonds. The molecule has 1 saturated heterocycles. The number of hydrogen-bond acceptors (Lipinski definition) is 4. The second-order valence-corrected chi connectivity index (χ2v) is 6.55. The molecule has 4 heteroatoms. The predicted molar refractivity (Wildman–Crippen MR) is 101 cm³/mol. The Morgan fingerprint density at radius 1 is 0.880 bits per heavy atom. The van der Waals surface area contributed by atoms with Gasteiger partial charge in [-0.3, -0.25) is 4.90 Å². The van der Waals surface area contributed by atoms with Gasteiger partial charge in [0.15, 0.2) is 0 Å². The molecular formula is C21H28N2O2. The molecule has 134 valence electrons. The number of benzene rings is 2. The lowest BCUT2D eigenvalue weighted by molar-refractivity contribution is 0.220. The van der Waals surface area contributed by atoms with Gasteiger partial charge in [-0.2, -0.15) is 0 Å². The van der Waals surface area contributed by atoms with Crippen LogP contribution in [0.2, 0.25) is 0 Å². The zero-order valence-corrected chi connectivity index (χ0v) is 14.8. The van der Waals surface area contributed by atoms with E-state index in [1.165, 1.54) is 37.9 Å². The topological polar surface area (TPSA) is 47.7 Å². The van der Waals surface area contributed by atoms with Crippen LogP contribution in [0.15, 0.2) is 48.5 Å². The van der Waals surface area contributed by atoms with Crippen molar-refractivity contribution in [2.45, 2.75) is 32.2 Å². The lowest BCUT2D eigenvalue weighted by atomic mass is 10.1. The van der Waals surface area contributed by atoms with Gasteiger partial charge in [-0.05, 0) is 68.7 Å². The van der Waals surface area contributed by atoms with E-state index in [2.05, 4.69) is 23.1 Å². The van der Waals surface area contributed by atoms with Gasteiger partial charge in [0.1, 0.15) is 17.2 Å². The summed E-state index contributed by atoms with van der Waals surface area (Å²) in [6.07, 6.45) is 4.84. The van der Waals surface area contributed by atoms with Crippen molar-refractivity contribution >= 4 is 0 Å². The molecule has 1 fully saturated rings. The highest BCUT2D eigenvalue weighted by atomic mass is 16.5. The number of rotatable bonds is 8. The van der Waals surface area contributed by atoms with Gasteiger partial charge in [0, 0.05) is 12.6 Å². The molecule has 2 aromatic carbocycles. The van der Waals surface area contributed by atoms with E-state index in [1.54, 1.807) is 0 Å². The van der Waals surface area contributed by atoms with Crippen molar-refractivity contribution in [3.8, 4) is 17.2 Å². The van der Waals surface area contributed by atoms with E-state index >= 15 is 0 Å². The summed E-state index contributed by atoms with van der Waals surface area (Å²) >= 11 is 0. The molecule has 4 nitrogen and oxygen atoms in total. The van der Waals surface area contributed by atoms with E-state index in [-0.39, 0.29) is 0 Å². The highest BCUT2D eigenvalue weighted by Gasteiger charge is 2.10. The highest BCUT2D eigenvalue weighted by molar-refractivity contribution is 5.38. The number of hydrogen-bond donors (Lipinski definition) is 1. The zero-order chi connectivity index (χ0) is 17.3. The quantitative estimate of drug-likeness (QED) is 0.732. The van der Waals surface area contributed by atoms with E-state index in [4.69, 9.17) is 15.2 Å². The molecule has 0 saturated carbocycles. The third-order valence-electron chi connectivity index (χ3n) is 4.41. The smallest absolute Gasteiger partial charge is 0.131 e. The van der Waals surface area contributed by atoms with Gasteiger partial charge in [-0.1, -0.05) is 24.6 Å². The molecule has 0 aromatic heterocycles. The number of ether oxygens (including phenoxy) is 2. The van der Waals surface area contributed by atoms with Crippen LogP contribution in [0.1, 0.15) is 31.2 Å². The van der Waals surface area contributed by atoms with Gasteiger partial charge in [0.05, 0.1) is 6.61 Å². The lowest BCUT2D eigenvalue weighted by Crippen LogP contribution is -2.29. The van der Waals surface area contributed by atoms with Gasteiger partial charge in [-0.15, -0.1) is 0 Å². The summed E-state index contributed by atoms with van der Waals surface area (Å²) in [6, 6.07) is 16.1. The third-order valence-corrected chi connectivity index (χ3v) is 4.41. The first kappa shape index (κ1) is 17.8. The van der Waals surface area contributed by atoms with Crippen LogP contribution in [0.3, 0.4) is 0 Å². The van der Waals surface area contributed by atoms with Crippen molar-refractivity contribution < 1.29 is 9.47 Å². The van der Waals surface area contributed by atoms with Crippen molar-refractivity contribution in [3.05, 3.63) is 54.1 Å². The van der Waals surface area contributed by atoms with E-state index in [1.807, 2.05) is 30.3 Å². The van der Waals surface area contributed by atoms with E-state index < -0.39 is 0 Å². The molecule has 2 aromatic rings. The summed E-state index contributed by atoms with van der Waals surface area (Å²) in [5, 5.41) is 0. The molecule has 1 aliphatic rings. The first-order valence-electron chi connectivity index (χ1n) is 9.25. The van der Waals surface area contributed by atoms with Crippen LogP contribution in [0.25, 0.3) is 0 Å². The second kappa shape index (κ2) is 9.44. The summed E-state index contributed by atoms with van der Waals surface area (Å²) in [5.74, 6) is 2.48. The van der Waals surface area contributed by atoms with Crippen LogP contribution in [0, 0.1) is 0 Å². The zero-order valence-electron chi connectivity index (χ0n) is 14.8. The van der Waals surface area contributed by atoms with Crippen LogP contribution in [-0.2, 0) is 6.54 Å². The van der Waals surface area contributed by atoms with Gasteiger partial charge in [0.2, 0.25) is 0 Å². The SMILES string of the molecule is NCCCOc1cccc(Oc2cccc(CN3CCCCC3)c2)c1. The van der Waals surface area contributed by atoms with Crippen LogP contribution < -0.4 is 15.2 Å². The van der Waals surface area contributed by atoms with Crippen LogP contribution in [0.4, 0.5) is 0 Å². The number of nitrogens with two attached hydrogens (primary N) is 1. The number of likely N-dealkylation sites (tertiary alicyclic amines) is 1. The van der Waals surface area contributed by atoms with Crippen molar-refractivity contribution in [2.75, 3.05) is 26.2 Å². The maximum Gasteiger partial charge on any atom is 0.131 e. The molecular weight excluding hydrogens is 312 g/mol. The monoisotopic (exact) mass is 340 g/mol. The second-order valence-electron chi connectivity index (χ2n) is 6.55. The van der Waals surface area contributed by atoms with E-state index in [0.717, 1.165) is 30.2 Å². The minimum atomic E-state index is 0.630. The van der Waals surface area contributed by atoms with Gasteiger partial charge in [-0.25, -0.2) is 0 Å². The fraction of sp³-hybridized carbons (Fsp3) is 0.429. The summed E-state index contributed by atoms with van der Waals surface area (Å²) in [5.41, 5.74) is 6.80. The fourth-order valence-electron chi connectivity index (χ4n) is 3.12. The molecule has 0 spiro atoms. The minimum Gasteiger partial charge on any atom is -0.493 e. The van der Waals surface area contributed by atoms with Crippen LogP contribution in [-0.4, -0.2) is 31.1 Å². The maximum atomic E-state index is 6.03. The average Bonchev–Trinajstić information content (AvgIpc) is 2.63. The molecule has 0 unspecified atom stereocenters. The van der Waals surface area contributed by atoms with Crippen molar-refractivity contribution in [1.82, 2.24) is 4.90 Å². The summed E-state index contributed by atoms with van der Waals surface area (Å²) in [6.45, 7) is 4.67. The Balaban J connectivity index is 1.60. The van der Waals surface area contributed by atoms with E-state index in [0.29, 0.717) is 13.2 Å². The van der Waals surface area contributed by atoms with Gasteiger partial charge in [0.25, 0.3) is 0 Å². The normalized spacial score (nSPS) is 15.1. The average molecular weight is 340 g/mol. The molecule has 2 N–H and O–H groups in total. The highest BCUT2D eigenvalue weighted by Crippen LogP contribution is 2.26. The fourth-order valence-corrected chi connectivity index (χ4v) is 3.12. The Labute approximate surface area is 150 Å². The van der Waals surface area contributed by atoms with Crippen LogP contribution in [0.5, 0.6) is 17.2 Å². The first-order chi connectivity index (χ1) is 12.3. The van der Waals surface area contributed by atoms with Gasteiger partial charge >= 0.3 is 0 Å². The van der Waals surface area contributed by atoms with Crippen LogP contribution >= 0.6 is 0 Å². The standard InChI is InChI=1S/C21H28N2O2/c22-11-6-14-24-19-8-5-10-21(16-19)25-20-9-4-7-18(15-20)17-23-12-2-1-3-13-23/h4-5,7-10,15-16H,1-3,6,11-14,17,22H2. The van der Waals surface area contributed by atoms with E-state index in [9.17, 15) is 0 Å². The number of piperidine rings is 1. The molecule has 1 heterocycles. The third kappa shape index (κ3) is 5.76. The molecule has 1 aliphatic heterocycles. The summed E-state index contributed by atoms with van der Waals surface area (Å²) < 4.78 is 11.7. The molecule has 3 rings (SSSR count). The first-order valence-corrected chi connectivity index (χ1v) is 9.25. The minimum absolute atomic E-state index is 0.630. The Bertz CT molecular complexity index is 654. The Kier molecular flexibility index (Phi) is 6.71. The molecule has 0 bridgehead atoms. The molecule has 0 radical (unpaired) electrons.